The van der Waals surface area contributed by atoms with Crippen molar-refractivity contribution < 1.29 is 24.9 Å². The van der Waals surface area contributed by atoms with Gasteiger partial charge in [-0.25, -0.2) is 4.79 Å². The van der Waals surface area contributed by atoms with Crippen LogP contribution in [0.4, 0.5) is 5.69 Å². The van der Waals surface area contributed by atoms with E-state index in [0.29, 0.717) is 28.8 Å². The van der Waals surface area contributed by atoms with Gasteiger partial charge in [0, 0.05) is 17.8 Å². The quantitative estimate of drug-likeness (QED) is 0.437. The number of aliphatic hydroxyl groups is 1. The van der Waals surface area contributed by atoms with Gasteiger partial charge >= 0.3 is 5.97 Å². The number of anilines is 1. The predicted octanol–water partition coefficient (Wildman–Crippen LogP) is 4.30. The number of phenols is 1. The summed E-state index contributed by atoms with van der Waals surface area (Å²) in [6, 6.07) is 16.9. The van der Waals surface area contributed by atoms with E-state index in [1.165, 1.54) is 19.1 Å². The standard InChI is InChI=1S/C24H23NO5/c1-14-21(12-11-20(15(2)26)22(14)27)25-13-16-3-5-17(6-4-16)23(28)18-7-9-19(10-8-18)24(29)30/h3-12,23,25,27-28H,13H2,1-2H3,(H,29,30). The number of hydrogen-bond donors (Lipinski definition) is 4. The number of benzene rings is 3. The third kappa shape index (κ3) is 4.50. The number of aromatic carboxylic acids is 1. The van der Waals surface area contributed by atoms with Crippen molar-refractivity contribution in [2.24, 2.45) is 0 Å². The van der Waals surface area contributed by atoms with Crippen molar-refractivity contribution in [2.45, 2.75) is 26.5 Å². The van der Waals surface area contributed by atoms with Crippen LogP contribution in [0.2, 0.25) is 0 Å². The molecule has 0 aromatic heterocycles. The van der Waals surface area contributed by atoms with Gasteiger partial charge in [0.1, 0.15) is 11.9 Å². The lowest BCUT2D eigenvalue weighted by atomic mass is 9.99. The highest BCUT2D eigenvalue weighted by molar-refractivity contribution is 5.97. The Hall–Kier alpha value is -3.64. The van der Waals surface area contributed by atoms with E-state index >= 15 is 0 Å². The van der Waals surface area contributed by atoms with Crippen molar-refractivity contribution in [2.75, 3.05) is 5.32 Å². The average molecular weight is 405 g/mol. The number of carbonyl (C=O) groups excluding carboxylic acids is 1. The Balaban J connectivity index is 1.68. The first kappa shape index (κ1) is 21.1. The van der Waals surface area contributed by atoms with E-state index in [4.69, 9.17) is 5.11 Å². The number of rotatable bonds is 7. The minimum Gasteiger partial charge on any atom is -0.507 e. The van der Waals surface area contributed by atoms with E-state index in [9.17, 15) is 19.8 Å². The smallest absolute Gasteiger partial charge is 0.335 e. The highest BCUT2D eigenvalue weighted by Crippen LogP contribution is 2.29. The van der Waals surface area contributed by atoms with E-state index < -0.39 is 12.1 Å². The molecule has 1 atom stereocenters. The van der Waals surface area contributed by atoms with Crippen LogP contribution in [0.3, 0.4) is 0 Å². The fraction of sp³-hybridized carbons (Fsp3) is 0.167. The molecule has 0 aliphatic carbocycles. The number of phenolic OH excluding ortho intramolecular Hbond substituents is 1. The average Bonchev–Trinajstić information content (AvgIpc) is 2.74. The molecule has 3 aromatic carbocycles. The van der Waals surface area contributed by atoms with E-state index in [0.717, 1.165) is 11.3 Å². The Bertz CT molecular complexity index is 1070. The third-order valence-corrected chi connectivity index (χ3v) is 5.06. The highest BCUT2D eigenvalue weighted by Gasteiger charge is 2.13. The second-order valence-electron chi connectivity index (χ2n) is 7.12. The number of carboxylic acid groups (broad SMARTS) is 1. The number of aliphatic hydroxyl groups excluding tert-OH is 1. The third-order valence-electron chi connectivity index (χ3n) is 5.06. The number of aromatic hydroxyl groups is 1. The molecule has 6 heteroatoms. The van der Waals surface area contributed by atoms with Gasteiger partial charge in [-0.05, 0) is 54.8 Å². The van der Waals surface area contributed by atoms with Crippen LogP contribution in [-0.2, 0) is 6.54 Å². The Morgan fingerprint density at radius 3 is 2.03 bits per heavy atom. The minimum atomic E-state index is -1.01. The topological polar surface area (TPSA) is 107 Å². The maximum absolute atomic E-state index is 11.5. The zero-order chi connectivity index (χ0) is 21.8. The molecule has 3 rings (SSSR count). The molecule has 154 valence electrons. The molecule has 0 saturated heterocycles. The van der Waals surface area contributed by atoms with E-state index in [2.05, 4.69) is 5.32 Å². The molecule has 0 amide bonds. The molecular formula is C24H23NO5. The Kier molecular flexibility index (Phi) is 6.18. The highest BCUT2D eigenvalue weighted by atomic mass is 16.4. The molecule has 0 aliphatic rings. The first-order valence-electron chi connectivity index (χ1n) is 9.45. The molecule has 4 N–H and O–H groups in total. The van der Waals surface area contributed by atoms with Gasteiger partial charge in [0.2, 0.25) is 0 Å². The number of Topliss-reactive ketones (excluding diaryl/α,β-unsaturated/α-hetero) is 1. The minimum absolute atomic E-state index is 0.0140. The summed E-state index contributed by atoms with van der Waals surface area (Å²) in [6.45, 7) is 3.67. The summed E-state index contributed by atoms with van der Waals surface area (Å²) < 4.78 is 0. The predicted molar refractivity (Wildman–Crippen MR) is 114 cm³/mol. The summed E-state index contributed by atoms with van der Waals surface area (Å²) in [7, 11) is 0. The second-order valence-corrected chi connectivity index (χ2v) is 7.12. The molecule has 0 bridgehead atoms. The number of carbonyl (C=O) groups is 2. The molecule has 30 heavy (non-hydrogen) atoms. The number of ketones is 1. The van der Waals surface area contributed by atoms with Crippen molar-refractivity contribution >= 4 is 17.4 Å². The van der Waals surface area contributed by atoms with Crippen LogP contribution in [0.25, 0.3) is 0 Å². The number of nitrogens with one attached hydrogen (secondary N) is 1. The Morgan fingerprint density at radius 2 is 1.50 bits per heavy atom. The van der Waals surface area contributed by atoms with Gasteiger partial charge in [-0.1, -0.05) is 36.4 Å². The number of carboxylic acids is 1. The van der Waals surface area contributed by atoms with Crippen molar-refractivity contribution in [3.63, 3.8) is 0 Å². The van der Waals surface area contributed by atoms with Crippen LogP contribution < -0.4 is 5.32 Å². The lowest BCUT2D eigenvalue weighted by Gasteiger charge is -2.14. The maximum atomic E-state index is 11.5. The molecule has 1 unspecified atom stereocenters. The molecule has 0 aliphatic heterocycles. The summed E-state index contributed by atoms with van der Waals surface area (Å²) in [5, 5.41) is 32.9. The van der Waals surface area contributed by atoms with Crippen molar-refractivity contribution in [3.05, 3.63) is 94.0 Å². The fourth-order valence-corrected chi connectivity index (χ4v) is 3.19. The molecule has 0 heterocycles. The SMILES string of the molecule is CC(=O)c1ccc(NCc2ccc(C(O)c3ccc(C(=O)O)cc3)cc2)c(C)c1O. The Labute approximate surface area is 174 Å². The summed E-state index contributed by atoms with van der Waals surface area (Å²) in [5.41, 5.74) is 4.10. The zero-order valence-corrected chi connectivity index (χ0v) is 16.7. The first-order valence-corrected chi connectivity index (χ1v) is 9.45. The molecule has 0 saturated carbocycles. The van der Waals surface area contributed by atoms with E-state index in [-0.39, 0.29) is 17.1 Å². The van der Waals surface area contributed by atoms with Crippen LogP contribution in [0.15, 0.2) is 60.7 Å². The molecule has 0 fully saturated rings. The van der Waals surface area contributed by atoms with Crippen molar-refractivity contribution in [1.82, 2.24) is 0 Å². The second kappa shape index (κ2) is 8.80. The van der Waals surface area contributed by atoms with Gasteiger partial charge in [-0.3, -0.25) is 4.79 Å². The zero-order valence-electron chi connectivity index (χ0n) is 16.7. The summed E-state index contributed by atoms with van der Waals surface area (Å²) in [4.78, 5) is 22.5. The molecule has 0 radical (unpaired) electrons. The number of hydrogen-bond acceptors (Lipinski definition) is 5. The van der Waals surface area contributed by atoms with Gasteiger partial charge in [0.05, 0.1) is 11.1 Å². The summed E-state index contributed by atoms with van der Waals surface area (Å²) in [5.74, 6) is -1.21. The lowest BCUT2D eigenvalue weighted by Crippen LogP contribution is -2.04. The largest absolute Gasteiger partial charge is 0.507 e. The van der Waals surface area contributed by atoms with Gasteiger partial charge in [0.25, 0.3) is 0 Å². The van der Waals surface area contributed by atoms with Crippen LogP contribution in [0.1, 0.15) is 56.0 Å². The molecular weight excluding hydrogens is 382 g/mol. The molecule has 6 nitrogen and oxygen atoms in total. The molecule has 3 aromatic rings. The van der Waals surface area contributed by atoms with Crippen molar-refractivity contribution in [3.8, 4) is 5.75 Å². The van der Waals surface area contributed by atoms with Gasteiger partial charge in [0.15, 0.2) is 5.78 Å². The van der Waals surface area contributed by atoms with Crippen LogP contribution >= 0.6 is 0 Å². The first-order chi connectivity index (χ1) is 14.3. The maximum Gasteiger partial charge on any atom is 0.335 e. The van der Waals surface area contributed by atoms with Crippen molar-refractivity contribution in [1.29, 1.82) is 0 Å². The monoisotopic (exact) mass is 405 g/mol. The van der Waals surface area contributed by atoms with Crippen LogP contribution in [-0.4, -0.2) is 27.1 Å². The summed E-state index contributed by atoms with van der Waals surface area (Å²) in [6.07, 6.45) is -0.854. The van der Waals surface area contributed by atoms with Gasteiger partial charge < -0.3 is 20.6 Å². The van der Waals surface area contributed by atoms with E-state index in [1.807, 2.05) is 24.3 Å². The van der Waals surface area contributed by atoms with Gasteiger partial charge in [-0.2, -0.15) is 0 Å². The normalized spacial score (nSPS) is 11.7. The molecule has 0 spiro atoms. The van der Waals surface area contributed by atoms with Crippen LogP contribution in [0.5, 0.6) is 5.75 Å². The Morgan fingerprint density at radius 1 is 0.933 bits per heavy atom. The fourth-order valence-electron chi connectivity index (χ4n) is 3.19. The van der Waals surface area contributed by atoms with E-state index in [1.54, 1.807) is 31.2 Å². The van der Waals surface area contributed by atoms with Crippen LogP contribution in [0, 0.1) is 6.92 Å². The lowest BCUT2D eigenvalue weighted by molar-refractivity contribution is 0.0696. The summed E-state index contributed by atoms with van der Waals surface area (Å²) >= 11 is 0. The van der Waals surface area contributed by atoms with Gasteiger partial charge in [-0.15, -0.1) is 0 Å².